The SMILES string of the molecule is C=S(C)C#CC. The van der Waals surface area contributed by atoms with Gasteiger partial charge in [-0.3, -0.25) is 0 Å². The molecule has 0 amide bonds. The van der Waals surface area contributed by atoms with E-state index in [0.29, 0.717) is 0 Å². The zero-order chi connectivity index (χ0) is 4.99. The van der Waals surface area contributed by atoms with Crippen LogP contribution in [0.4, 0.5) is 0 Å². The summed E-state index contributed by atoms with van der Waals surface area (Å²) in [5.41, 5.74) is 0. The molecule has 0 fully saturated rings. The molecule has 0 aliphatic heterocycles. The summed E-state index contributed by atoms with van der Waals surface area (Å²) < 4.78 is 0. The van der Waals surface area contributed by atoms with Gasteiger partial charge in [0, 0.05) is 0 Å². The van der Waals surface area contributed by atoms with Crippen molar-refractivity contribution in [3.8, 4) is 11.2 Å². The van der Waals surface area contributed by atoms with E-state index in [0.717, 1.165) is 0 Å². The van der Waals surface area contributed by atoms with Crippen molar-refractivity contribution >= 4 is 16.4 Å². The molecule has 0 aromatic rings. The first-order chi connectivity index (χ1) is 2.77. The fourth-order valence-electron chi connectivity index (χ4n) is 0.174. The molecule has 0 heterocycles. The highest BCUT2D eigenvalue weighted by Gasteiger charge is 1.58. The monoisotopic (exact) mass is 100 g/mol. The van der Waals surface area contributed by atoms with Gasteiger partial charge in [-0.1, -0.05) is 11.8 Å². The predicted molar refractivity (Wildman–Crippen MR) is 34.1 cm³/mol. The fourth-order valence-corrected chi connectivity index (χ4v) is 0.523. The summed E-state index contributed by atoms with van der Waals surface area (Å²) in [6, 6.07) is 0. The number of rotatable bonds is 0. The Kier molecular flexibility index (Phi) is 2.88. The Morgan fingerprint density at radius 3 is 2.17 bits per heavy atom. The van der Waals surface area contributed by atoms with Crippen molar-refractivity contribution in [2.24, 2.45) is 0 Å². The smallest absolute Gasteiger partial charge is 0.00182 e. The maximum absolute atomic E-state index is 3.68. The zero-order valence-electron chi connectivity index (χ0n) is 4.12. The van der Waals surface area contributed by atoms with E-state index in [2.05, 4.69) is 17.0 Å². The minimum absolute atomic E-state index is 0.0733. The lowest BCUT2D eigenvalue weighted by Gasteiger charge is -1.73. The number of hydrogen-bond acceptors (Lipinski definition) is 0. The summed E-state index contributed by atoms with van der Waals surface area (Å²) in [7, 11) is 0.0733. The molecule has 0 spiro atoms. The molecule has 1 unspecified atom stereocenters. The average Bonchev–Trinajstić information content (AvgIpc) is 1.35. The van der Waals surface area contributed by atoms with Crippen LogP contribution in [0.1, 0.15) is 6.92 Å². The zero-order valence-corrected chi connectivity index (χ0v) is 4.93. The summed E-state index contributed by atoms with van der Waals surface area (Å²) in [5, 5.41) is 2.88. The molecule has 0 saturated heterocycles. The topological polar surface area (TPSA) is 0 Å². The van der Waals surface area contributed by atoms with Gasteiger partial charge in [-0.25, -0.2) is 0 Å². The molecule has 0 rings (SSSR count). The van der Waals surface area contributed by atoms with E-state index in [9.17, 15) is 0 Å². The Morgan fingerprint density at radius 1 is 1.67 bits per heavy atom. The molecule has 0 saturated carbocycles. The second-order valence-electron chi connectivity index (χ2n) is 0.989. The van der Waals surface area contributed by atoms with Crippen LogP contribution in [0.5, 0.6) is 0 Å². The molecule has 0 bridgehead atoms. The van der Waals surface area contributed by atoms with Crippen molar-refractivity contribution in [1.29, 1.82) is 0 Å². The minimum Gasteiger partial charge on any atom is -0.122 e. The van der Waals surface area contributed by atoms with Crippen molar-refractivity contribution < 1.29 is 0 Å². The quantitative estimate of drug-likeness (QED) is 0.318. The molecule has 0 aromatic heterocycles. The van der Waals surface area contributed by atoms with Crippen molar-refractivity contribution in [3.63, 3.8) is 0 Å². The summed E-state index contributed by atoms with van der Waals surface area (Å²) in [5.74, 6) is 6.45. The van der Waals surface area contributed by atoms with Crippen molar-refractivity contribution in [2.75, 3.05) is 6.26 Å². The second-order valence-corrected chi connectivity index (χ2v) is 2.47. The largest absolute Gasteiger partial charge is 0.122 e. The van der Waals surface area contributed by atoms with E-state index in [-0.39, 0.29) is 10.5 Å². The summed E-state index contributed by atoms with van der Waals surface area (Å²) in [6.07, 6.45) is 2.00. The second kappa shape index (κ2) is 2.99. The molecule has 0 aromatic carbocycles. The molecule has 0 aliphatic rings. The highest BCUT2D eigenvalue weighted by atomic mass is 32.2. The summed E-state index contributed by atoms with van der Waals surface area (Å²) in [4.78, 5) is 0. The van der Waals surface area contributed by atoms with Crippen LogP contribution in [0, 0.1) is 11.2 Å². The van der Waals surface area contributed by atoms with E-state index < -0.39 is 0 Å². The average molecular weight is 100 g/mol. The standard InChI is InChI=1S/C5H8S/c1-4-5-6(2)3/h2H2,1,3H3. The summed E-state index contributed by atoms with van der Waals surface area (Å²) in [6.45, 7) is 1.83. The highest BCUT2D eigenvalue weighted by Crippen LogP contribution is 1.94. The van der Waals surface area contributed by atoms with Crippen LogP contribution in [0.15, 0.2) is 0 Å². The summed E-state index contributed by atoms with van der Waals surface area (Å²) >= 11 is 0. The third-order valence-corrected chi connectivity index (χ3v) is 0.829. The van der Waals surface area contributed by atoms with Crippen LogP contribution >= 0.6 is 10.5 Å². The highest BCUT2D eigenvalue weighted by molar-refractivity contribution is 8.17. The van der Waals surface area contributed by atoms with Gasteiger partial charge < -0.3 is 0 Å². The Hall–Kier alpha value is -0.220. The van der Waals surface area contributed by atoms with Gasteiger partial charge in [0.2, 0.25) is 0 Å². The van der Waals surface area contributed by atoms with Crippen molar-refractivity contribution in [3.05, 3.63) is 0 Å². The lowest BCUT2D eigenvalue weighted by molar-refractivity contribution is 1.93. The molecule has 0 N–H and O–H groups in total. The van der Waals surface area contributed by atoms with Crippen molar-refractivity contribution in [2.45, 2.75) is 6.92 Å². The van der Waals surface area contributed by atoms with Crippen LogP contribution in [0.2, 0.25) is 0 Å². The molecule has 0 aliphatic carbocycles. The van der Waals surface area contributed by atoms with Gasteiger partial charge in [0.1, 0.15) is 0 Å². The van der Waals surface area contributed by atoms with E-state index >= 15 is 0 Å². The maximum atomic E-state index is 3.68. The van der Waals surface area contributed by atoms with E-state index in [4.69, 9.17) is 0 Å². The fraction of sp³-hybridized carbons (Fsp3) is 0.400. The predicted octanol–water partition coefficient (Wildman–Crippen LogP) is 1.30. The van der Waals surface area contributed by atoms with E-state index in [1.54, 1.807) is 0 Å². The lowest BCUT2D eigenvalue weighted by Crippen LogP contribution is -1.47. The van der Waals surface area contributed by atoms with Gasteiger partial charge in [0.05, 0.1) is 0 Å². The normalized spacial score (nSPS) is 11.7. The Morgan fingerprint density at radius 2 is 2.17 bits per heavy atom. The Balaban J connectivity index is 3.50. The van der Waals surface area contributed by atoms with E-state index in [1.807, 2.05) is 13.2 Å². The molecular formula is C5H8S. The maximum Gasteiger partial charge on any atom is -0.00182 e. The molecule has 1 atom stereocenters. The van der Waals surface area contributed by atoms with Gasteiger partial charge in [-0.2, -0.15) is 0 Å². The van der Waals surface area contributed by atoms with E-state index in [1.165, 1.54) is 0 Å². The number of hydrogen-bond donors (Lipinski definition) is 0. The molecular weight excluding hydrogens is 92.1 g/mol. The molecule has 0 nitrogen and oxygen atoms in total. The molecule has 6 heavy (non-hydrogen) atoms. The van der Waals surface area contributed by atoms with Gasteiger partial charge in [-0.15, -0.1) is 10.5 Å². The first-order valence-electron chi connectivity index (χ1n) is 1.65. The van der Waals surface area contributed by atoms with Gasteiger partial charge in [-0.05, 0) is 18.4 Å². The Bertz CT molecular complexity index is 103. The van der Waals surface area contributed by atoms with Crippen LogP contribution in [0.3, 0.4) is 0 Å². The first-order valence-corrected chi connectivity index (χ1v) is 3.45. The van der Waals surface area contributed by atoms with Gasteiger partial charge >= 0.3 is 0 Å². The molecule has 1 heteroatoms. The van der Waals surface area contributed by atoms with Gasteiger partial charge in [0.15, 0.2) is 0 Å². The van der Waals surface area contributed by atoms with Crippen molar-refractivity contribution in [1.82, 2.24) is 0 Å². The lowest BCUT2D eigenvalue weighted by atomic mass is 10.9. The van der Waals surface area contributed by atoms with Gasteiger partial charge in [0.25, 0.3) is 0 Å². The van der Waals surface area contributed by atoms with Crippen LogP contribution in [-0.4, -0.2) is 12.1 Å². The first kappa shape index (κ1) is 5.78. The van der Waals surface area contributed by atoms with Crippen LogP contribution in [-0.2, 0) is 0 Å². The third-order valence-electron chi connectivity index (χ3n) is 0.276. The minimum atomic E-state index is 0.0733. The molecule has 34 valence electrons. The Labute approximate surface area is 41.5 Å². The third kappa shape index (κ3) is 3.78. The van der Waals surface area contributed by atoms with Crippen LogP contribution < -0.4 is 0 Å². The molecule has 0 radical (unpaired) electrons. The van der Waals surface area contributed by atoms with Crippen LogP contribution in [0.25, 0.3) is 0 Å².